The molecule has 3 heteroatoms. The van der Waals surface area contributed by atoms with Crippen LogP contribution in [0.1, 0.15) is 33.1 Å². The summed E-state index contributed by atoms with van der Waals surface area (Å²) in [4.78, 5) is 13.9. The molecule has 0 bridgehead atoms. The van der Waals surface area contributed by atoms with Crippen LogP contribution in [0.2, 0.25) is 0 Å². The molecule has 1 aliphatic carbocycles. The van der Waals surface area contributed by atoms with Gasteiger partial charge in [-0.05, 0) is 18.8 Å². The van der Waals surface area contributed by atoms with Crippen molar-refractivity contribution in [1.82, 2.24) is 4.90 Å². The van der Waals surface area contributed by atoms with E-state index >= 15 is 0 Å². The van der Waals surface area contributed by atoms with Crippen molar-refractivity contribution < 1.29 is 4.79 Å². The lowest BCUT2D eigenvalue weighted by atomic mass is 10.1. The summed E-state index contributed by atoms with van der Waals surface area (Å²) in [5, 5.41) is 0. The smallest absolute Gasteiger partial charge is 0.240 e. The van der Waals surface area contributed by atoms with E-state index in [1.165, 1.54) is 0 Å². The maximum Gasteiger partial charge on any atom is 0.240 e. The topological polar surface area (TPSA) is 46.3 Å². The van der Waals surface area contributed by atoms with Crippen molar-refractivity contribution in [1.29, 1.82) is 0 Å². The predicted octanol–water partition coefficient (Wildman–Crippen LogP) is 0.984. The van der Waals surface area contributed by atoms with E-state index in [0.717, 1.165) is 19.4 Å². The van der Waals surface area contributed by atoms with Crippen LogP contribution in [0.25, 0.3) is 0 Å². The molecule has 3 nitrogen and oxygen atoms in total. The summed E-state index contributed by atoms with van der Waals surface area (Å²) in [6.07, 6.45) is 7.72. The molecule has 15 heavy (non-hydrogen) atoms. The van der Waals surface area contributed by atoms with Crippen LogP contribution in [0.3, 0.4) is 0 Å². The average Bonchev–Trinajstić information content (AvgIpc) is 2.96. The molecule has 1 saturated carbocycles. The first kappa shape index (κ1) is 12.1. The van der Waals surface area contributed by atoms with E-state index in [0.29, 0.717) is 18.4 Å². The Morgan fingerprint density at radius 1 is 1.60 bits per heavy atom. The fourth-order valence-corrected chi connectivity index (χ4v) is 1.63. The van der Waals surface area contributed by atoms with E-state index in [2.05, 4.69) is 19.8 Å². The molecule has 0 aromatic heterocycles. The second-order valence-corrected chi connectivity index (χ2v) is 4.63. The van der Waals surface area contributed by atoms with Crippen molar-refractivity contribution >= 4 is 5.91 Å². The van der Waals surface area contributed by atoms with Crippen LogP contribution in [0, 0.1) is 18.3 Å². The zero-order valence-corrected chi connectivity index (χ0v) is 9.57. The summed E-state index contributed by atoms with van der Waals surface area (Å²) in [6, 6.07) is -0.0990. The molecule has 0 aromatic carbocycles. The monoisotopic (exact) mass is 208 g/mol. The maximum atomic E-state index is 12.0. The van der Waals surface area contributed by atoms with Gasteiger partial charge in [-0.25, -0.2) is 0 Å². The van der Waals surface area contributed by atoms with E-state index in [4.69, 9.17) is 12.2 Å². The zero-order valence-electron chi connectivity index (χ0n) is 9.57. The number of terminal acetylenes is 1. The Bertz CT molecular complexity index is 263. The molecular formula is C12H20N2O. The lowest BCUT2D eigenvalue weighted by molar-refractivity contribution is -0.133. The van der Waals surface area contributed by atoms with Crippen LogP contribution in [0.4, 0.5) is 0 Å². The van der Waals surface area contributed by atoms with Crippen molar-refractivity contribution in [3.63, 3.8) is 0 Å². The molecular weight excluding hydrogens is 188 g/mol. The van der Waals surface area contributed by atoms with Crippen molar-refractivity contribution in [2.45, 2.75) is 45.2 Å². The molecule has 1 unspecified atom stereocenters. The predicted molar refractivity (Wildman–Crippen MR) is 61.0 cm³/mol. The van der Waals surface area contributed by atoms with Gasteiger partial charge in [0, 0.05) is 19.0 Å². The third-order valence-electron chi connectivity index (χ3n) is 2.49. The third-order valence-corrected chi connectivity index (χ3v) is 2.49. The van der Waals surface area contributed by atoms with Gasteiger partial charge in [0.1, 0.15) is 0 Å². The van der Waals surface area contributed by atoms with Gasteiger partial charge in [0.25, 0.3) is 0 Å². The van der Waals surface area contributed by atoms with Crippen LogP contribution >= 0.6 is 0 Å². The number of hydrogen-bond acceptors (Lipinski definition) is 2. The van der Waals surface area contributed by atoms with Gasteiger partial charge in [-0.15, -0.1) is 12.3 Å². The quantitative estimate of drug-likeness (QED) is 0.685. The number of amides is 1. The van der Waals surface area contributed by atoms with Gasteiger partial charge in [0.2, 0.25) is 5.91 Å². The summed E-state index contributed by atoms with van der Waals surface area (Å²) in [7, 11) is 0. The van der Waals surface area contributed by atoms with Crippen molar-refractivity contribution in [2.75, 3.05) is 6.54 Å². The number of hydrogen-bond donors (Lipinski definition) is 1. The normalized spacial score (nSPS) is 17.3. The molecule has 0 saturated heterocycles. The summed E-state index contributed by atoms with van der Waals surface area (Å²) >= 11 is 0. The SMILES string of the molecule is C#CCC(N)C(=O)N(CC(C)C)C1CC1. The minimum absolute atomic E-state index is 0.0177. The van der Waals surface area contributed by atoms with Crippen molar-refractivity contribution in [3.05, 3.63) is 0 Å². The minimum atomic E-state index is -0.519. The highest BCUT2D eigenvalue weighted by molar-refractivity contribution is 5.82. The van der Waals surface area contributed by atoms with Crippen LogP contribution in [0.15, 0.2) is 0 Å². The largest absolute Gasteiger partial charge is 0.338 e. The Kier molecular flexibility index (Phi) is 4.16. The van der Waals surface area contributed by atoms with E-state index in [9.17, 15) is 4.79 Å². The lowest BCUT2D eigenvalue weighted by Crippen LogP contribution is -2.46. The van der Waals surface area contributed by atoms with Gasteiger partial charge in [0.15, 0.2) is 0 Å². The Morgan fingerprint density at radius 3 is 2.60 bits per heavy atom. The van der Waals surface area contributed by atoms with Crippen LogP contribution in [0.5, 0.6) is 0 Å². The Balaban J connectivity index is 2.55. The van der Waals surface area contributed by atoms with Crippen LogP contribution in [-0.4, -0.2) is 29.4 Å². The third kappa shape index (κ3) is 3.56. The van der Waals surface area contributed by atoms with E-state index in [1.54, 1.807) is 0 Å². The van der Waals surface area contributed by atoms with Gasteiger partial charge in [-0.1, -0.05) is 13.8 Å². The first-order valence-electron chi connectivity index (χ1n) is 5.55. The molecule has 0 aromatic rings. The molecule has 1 aliphatic rings. The van der Waals surface area contributed by atoms with Crippen LogP contribution in [-0.2, 0) is 4.79 Å². The summed E-state index contributed by atoms with van der Waals surface area (Å²) in [5.74, 6) is 2.94. The van der Waals surface area contributed by atoms with Gasteiger partial charge in [-0.3, -0.25) is 4.79 Å². The molecule has 1 rings (SSSR count). The highest BCUT2D eigenvalue weighted by atomic mass is 16.2. The summed E-state index contributed by atoms with van der Waals surface area (Å²) < 4.78 is 0. The average molecular weight is 208 g/mol. The molecule has 0 spiro atoms. The molecule has 1 atom stereocenters. The minimum Gasteiger partial charge on any atom is -0.338 e. The van der Waals surface area contributed by atoms with Gasteiger partial charge in [-0.2, -0.15) is 0 Å². The summed E-state index contributed by atoms with van der Waals surface area (Å²) in [5.41, 5.74) is 5.74. The van der Waals surface area contributed by atoms with Gasteiger partial charge < -0.3 is 10.6 Å². The number of carbonyl (C=O) groups excluding carboxylic acids is 1. The van der Waals surface area contributed by atoms with E-state index in [1.807, 2.05) is 4.90 Å². The fourth-order valence-electron chi connectivity index (χ4n) is 1.63. The number of rotatable bonds is 5. The van der Waals surface area contributed by atoms with E-state index in [-0.39, 0.29) is 5.91 Å². The molecule has 0 aliphatic heterocycles. The van der Waals surface area contributed by atoms with Gasteiger partial charge in [0.05, 0.1) is 6.04 Å². The zero-order chi connectivity index (χ0) is 11.4. The Labute approximate surface area is 92.0 Å². The molecule has 0 radical (unpaired) electrons. The number of nitrogens with zero attached hydrogens (tertiary/aromatic N) is 1. The second kappa shape index (κ2) is 5.18. The summed E-state index contributed by atoms with van der Waals surface area (Å²) in [6.45, 7) is 5.01. The number of nitrogens with two attached hydrogens (primary N) is 1. The van der Waals surface area contributed by atoms with Crippen molar-refractivity contribution in [2.24, 2.45) is 11.7 Å². The molecule has 1 amide bonds. The maximum absolute atomic E-state index is 12.0. The van der Waals surface area contributed by atoms with E-state index < -0.39 is 6.04 Å². The second-order valence-electron chi connectivity index (χ2n) is 4.63. The molecule has 84 valence electrons. The van der Waals surface area contributed by atoms with Crippen LogP contribution < -0.4 is 5.73 Å². The van der Waals surface area contributed by atoms with Crippen molar-refractivity contribution in [3.8, 4) is 12.3 Å². The highest BCUT2D eigenvalue weighted by Gasteiger charge is 2.34. The molecule has 1 fully saturated rings. The Hall–Kier alpha value is -1.01. The first-order valence-corrected chi connectivity index (χ1v) is 5.55. The number of carbonyl (C=O) groups is 1. The highest BCUT2D eigenvalue weighted by Crippen LogP contribution is 2.28. The van der Waals surface area contributed by atoms with Gasteiger partial charge >= 0.3 is 0 Å². The lowest BCUT2D eigenvalue weighted by Gasteiger charge is -2.26. The fraction of sp³-hybridized carbons (Fsp3) is 0.750. The standard InChI is InChI=1S/C12H20N2O/c1-4-5-11(13)12(15)14(8-9(2)3)10-6-7-10/h1,9-11H,5-8,13H2,2-3H3. The molecule has 2 N–H and O–H groups in total. The Morgan fingerprint density at radius 2 is 2.20 bits per heavy atom. The first-order chi connectivity index (χ1) is 7.06. The molecule has 0 heterocycles.